The Morgan fingerprint density at radius 1 is 1.14 bits per heavy atom. The molecule has 4 rings (SSSR count). The Morgan fingerprint density at radius 2 is 1.93 bits per heavy atom. The van der Waals surface area contributed by atoms with Gasteiger partial charge in [0.2, 0.25) is 0 Å². The number of carbonyl (C=O) groups excluding carboxylic acids is 2. The highest BCUT2D eigenvalue weighted by atomic mass is 35.5. The second-order valence-corrected chi connectivity index (χ2v) is 7.45. The summed E-state index contributed by atoms with van der Waals surface area (Å²) in [6, 6.07) is 10.9. The van der Waals surface area contributed by atoms with E-state index >= 15 is 0 Å². The predicted octanol–water partition coefficient (Wildman–Crippen LogP) is 3.03. The monoisotopic (exact) mass is 412 g/mol. The third-order valence-corrected chi connectivity index (χ3v) is 5.36. The van der Waals surface area contributed by atoms with Gasteiger partial charge >= 0.3 is 5.97 Å². The van der Waals surface area contributed by atoms with Crippen LogP contribution in [-0.4, -0.2) is 59.5 Å². The van der Waals surface area contributed by atoms with E-state index < -0.39 is 5.97 Å². The van der Waals surface area contributed by atoms with E-state index in [9.17, 15) is 9.59 Å². The molecular formula is C21H21ClN4O3. The highest BCUT2D eigenvalue weighted by Crippen LogP contribution is 2.25. The van der Waals surface area contributed by atoms with Crippen LogP contribution in [0.1, 0.15) is 15.9 Å². The standard InChI is InChI=1S/C21H21ClN4O3/c1-14-2-4-16(22)11-19(14)25-6-8-26(9-7-25)20(27)12-29-21(28)15-3-5-17-18(10-15)24-13-23-17/h2-5,10-11,13H,6-9,12H2,1H3,(H,23,24). The number of amides is 1. The van der Waals surface area contributed by atoms with Crippen LogP contribution in [0.4, 0.5) is 5.69 Å². The number of anilines is 1. The van der Waals surface area contributed by atoms with E-state index in [0.717, 1.165) is 22.3 Å². The van der Waals surface area contributed by atoms with E-state index in [4.69, 9.17) is 16.3 Å². The summed E-state index contributed by atoms with van der Waals surface area (Å²) in [6.45, 7) is 4.33. The van der Waals surface area contributed by atoms with Crippen LogP contribution in [0.15, 0.2) is 42.7 Å². The Morgan fingerprint density at radius 3 is 2.72 bits per heavy atom. The number of rotatable bonds is 4. The first-order valence-electron chi connectivity index (χ1n) is 9.40. The van der Waals surface area contributed by atoms with Crippen molar-refractivity contribution in [2.45, 2.75) is 6.92 Å². The molecule has 0 spiro atoms. The molecule has 1 saturated heterocycles. The number of benzene rings is 2. The van der Waals surface area contributed by atoms with E-state index in [1.54, 1.807) is 29.4 Å². The predicted molar refractivity (Wildman–Crippen MR) is 111 cm³/mol. The third-order valence-electron chi connectivity index (χ3n) is 5.13. The summed E-state index contributed by atoms with van der Waals surface area (Å²) in [5.41, 5.74) is 4.14. The van der Waals surface area contributed by atoms with Crippen LogP contribution in [-0.2, 0) is 9.53 Å². The Labute approximate surface area is 173 Å². The van der Waals surface area contributed by atoms with Crippen LogP contribution in [0, 0.1) is 6.92 Å². The number of hydrogen-bond acceptors (Lipinski definition) is 5. The lowest BCUT2D eigenvalue weighted by Gasteiger charge is -2.36. The molecular weight excluding hydrogens is 392 g/mol. The fourth-order valence-corrected chi connectivity index (χ4v) is 3.65. The maximum Gasteiger partial charge on any atom is 0.338 e. The van der Waals surface area contributed by atoms with Gasteiger partial charge in [-0.1, -0.05) is 17.7 Å². The summed E-state index contributed by atoms with van der Waals surface area (Å²) < 4.78 is 5.22. The maximum absolute atomic E-state index is 12.5. The van der Waals surface area contributed by atoms with Crippen LogP contribution in [0.5, 0.6) is 0 Å². The zero-order chi connectivity index (χ0) is 20.4. The molecule has 150 valence electrons. The number of halogens is 1. The molecule has 0 aliphatic carbocycles. The molecule has 7 nitrogen and oxygen atoms in total. The summed E-state index contributed by atoms with van der Waals surface area (Å²) in [5, 5.41) is 0.698. The average Bonchev–Trinajstić information content (AvgIpc) is 3.21. The molecule has 1 aliphatic heterocycles. The number of aromatic amines is 1. The van der Waals surface area contributed by atoms with Gasteiger partial charge in [-0.15, -0.1) is 0 Å². The number of H-pyrrole nitrogens is 1. The molecule has 0 saturated carbocycles. The second-order valence-electron chi connectivity index (χ2n) is 7.01. The Balaban J connectivity index is 1.30. The largest absolute Gasteiger partial charge is 0.452 e. The first kappa shape index (κ1) is 19.3. The molecule has 0 atom stereocenters. The van der Waals surface area contributed by atoms with Crippen LogP contribution in [0.25, 0.3) is 11.0 Å². The molecule has 1 amide bonds. The zero-order valence-electron chi connectivity index (χ0n) is 16.0. The minimum Gasteiger partial charge on any atom is -0.452 e. The van der Waals surface area contributed by atoms with Crippen molar-refractivity contribution in [1.29, 1.82) is 0 Å². The van der Waals surface area contributed by atoms with E-state index in [2.05, 4.69) is 14.9 Å². The van der Waals surface area contributed by atoms with Crippen LogP contribution in [0.2, 0.25) is 5.02 Å². The topological polar surface area (TPSA) is 78.5 Å². The minimum atomic E-state index is -0.525. The van der Waals surface area contributed by atoms with Crippen molar-refractivity contribution >= 4 is 40.2 Å². The number of aromatic nitrogens is 2. The molecule has 0 unspecified atom stereocenters. The van der Waals surface area contributed by atoms with E-state index in [-0.39, 0.29) is 12.5 Å². The van der Waals surface area contributed by atoms with Crippen molar-refractivity contribution in [2.24, 2.45) is 0 Å². The number of piperazine rings is 1. The minimum absolute atomic E-state index is 0.191. The number of esters is 1. The molecule has 1 N–H and O–H groups in total. The number of ether oxygens (including phenoxy) is 1. The number of imidazole rings is 1. The lowest BCUT2D eigenvalue weighted by Crippen LogP contribution is -2.50. The Bertz CT molecular complexity index is 1060. The lowest BCUT2D eigenvalue weighted by molar-refractivity contribution is -0.134. The van der Waals surface area contributed by atoms with E-state index in [1.165, 1.54) is 0 Å². The van der Waals surface area contributed by atoms with Gasteiger partial charge in [0.15, 0.2) is 6.61 Å². The highest BCUT2D eigenvalue weighted by Gasteiger charge is 2.23. The fourth-order valence-electron chi connectivity index (χ4n) is 3.48. The van der Waals surface area contributed by atoms with Crippen molar-refractivity contribution in [3.63, 3.8) is 0 Å². The third kappa shape index (κ3) is 4.19. The molecule has 0 bridgehead atoms. The van der Waals surface area contributed by atoms with Crippen molar-refractivity contribution in [3.05, 3.63) is 58.9 Å². The number of nitrogens with zero attached hydrogens (tertiary/aromatic N) is 3. The molecule has 1 aromatic heterocycles. The number of fused-ring (bicyclic) bond motifs is 1. The smallest absolute Gasteiger partial charge is 0.338 e. The Hall–Kier alpha value is -3.06. The van der Waals surface area contributed by atoms with Gasteiger partial charge in [-0.3, -0.25) is 4.79 Å². The van der Waals surface area contributed by atoms with Crippen LogP contribution >= 0.6 is 11.6 Å². The molecule has 0 radical (unpaired) electrons. The molecule has 2 heterocycles. The normalized spacial score (nSPS) is 14.3. The van der Waals surface area contributed by atoms with Crippen LogP contribution < -0.4 is 4.90 Å². The average molecular weight is 413 g/mol. The highest BCUT2D eigenvalue weighted by molar-refractivity contribution is 6.30. The van der Waals surface area contributed by atoms with Gasteiger partial charge in [-0.25, -0.2) is 9.78 Å². The summed E-state index contributed by atoms with van der Waals surface area (Å²) in [6.07, 6.45) is 1.56. The number of aryl methyl sites for hydroxylation is 1. The maximum atomic E-state index is 12.5. The molecule has 3 aromatic rings. The summed E-state index contributed by atoms with van der Waals surface area (Å²) in [4.78, 5) is 35.7. The second kappa shape index (κ2) is 8.13. The van der Waals surface area contributed by atoms with Gasteiger partial charge in [0.1, 0.15) is 0 Å². The zero-order valence-corrected chi connectivity index (χ0v) is 16.8. The van der Waals surface area contributed by atoms with E-state index in [0.29, 0.717) is 36.8 Å². The van der Waals surface area contributed by atoms with Crippen molar-refractivity contribution in [3.8, 4) is 0 Å². The first-order valence-corrected chi connectivity index (χ1v) is 9.78. The van der Waals surface area contributed by atoms with E-state index in [1.807, 2.05) is 25.1 Å². The lowest BCUT2D eigenvalue weighted by atomic mass is 10.1. The molecule has 2 aromatic carbocycles. The van der Waals surface area contributed by atoms with Crippen molar-refractivity contribution in [1.82, 2.24) is 14.9 Å². The molecule has 1 fully saturated rings. The number of hydrogen-bond donors (Lipinski definition) is 1. The van der Waals surface area contributed by atoms with Crippen LogP contribution in [0.3, 0.4) is 0 Å². The Kier molecular flexibility index (Phi) is 5.40. The molecule has 29 heavy (non-hydrogen) atoms. The van der Waals surface area contributed by atoms with Gasteiger partial charge in [0, 0.05) is 36.9 Å². The van der Waals surface area contributed by atoms with Gasteiger partial charge in [0.05, 0.1) is 22.9 Å². The summed E-state index contributed by atoms with van der Waals surface area (Å²) in [7, 11) is 0. The number of carbonyl (C=O) groups is 2. The summed E-state index contributed by atoms with van der Waals surface area (Å²) >= 11 is 6.12. The van der Waals surface area contributed by atoms with Gasteiger partial charge in [-0.2, -0.15) is 0 Å². The molecule has 1 aliphatic rings. The van der Waals surface area contributed by atoms with Gasteiger partial charge in [-0.05, 0) is 42.8 Å². The van der Waals surface area contributed by atoms with Gasteiger partial charge < -0.3 is 19.5 Å². The molecule has 8 heteroatoms. The quantitative estimate of drug-likeness (QED) is 0.666. The first-order chi connectivity index (χ1) is 14.0. The summed E-state index contributed by atoms with van der Waals surface area (Å²) in [5.74, 6) is -0.716. The van der Waals surface area contributed by atoms with Crippen molar-refractivity contribution in [2.75, 3.05) is 37.7 Å². The van der Waals surface area contributed by atoms with Crippen molar-refractivity contribution < 1.29 is 14.3 Å². The van der Waals surface area contributed by atoms with Gasteiger partial charge in [0.25, 0.3) is 5.91 Å². The number of nitrogens with one attached hydrogen (secondary N) is 1. The fraction of sp³-hybridized carbons (Fsp3) is 0.286. The SMILES string of the molecule is Cc1ccc(Cl)cc1N1CCN(C(=O)COC(=O)c2ccc3nc[nH]c3c2)CC1.